The first kappa shape index (κ1) is 14.1. The predicted molar refractivity (Wildman–Crippen MR) is 74.0 cm³/mol. The first-order valence-electron chi connectivity index (χ1n) is 5.76. The monoisotopic (exact) mass is 293 g/mol. The van der Waals surface area contributed by atoms with E-state index in [0.717, 1.165) is 4.90 Å². The summed E-state index contributed by atoms with van der Waals surface area (Å²) in [5.74, 6) is -1.61. The summed E-state index contributed by atoms with van der Waals surface area (Å²) in [6, 6.07) is 7.98. The molecule has 0 unspecified atom stereocenters. The van der Waals surface area contributed by atoms with E-state index in [0.29, 0.717) is 10.7 Å². The van der Waals surface area contributed by atoms with Crippen molar-refractivity contribution in [2.75, 3.05) is 11.4 Å². The number of anilines is 1. The number of carbonyl (C=O) groups is 2. The molecule has 0 atom stereocenters. The number of halogens is 1. The Morgan fingerprint density at radius 2 is 2.15 bits per heavy atom. The minimum atomic E-state index is -1.12. The SMILES string of the molecule is Cn1ccc(C(=O)N(CC(=O)O)c2cccc(Cl)c2)n1. The molecule has 6 nitrogen and oxygen atoms in total. The zero-order chi connectivity index (χ0) is 14.7. The van der Waals surface area contributed by atoms with E-state index in [1.54, 1.807) is 31.4 Å². The first-order valence-corrected chi connectivity index (χ1v) is 6.14. The Bertz CT molecular complexity index is 654. The summed E-state index contributed by atoms with van der Waals surface area (Å²) in [4.78, 5) is 24.4. The van der Waals surface area contributed by atoms with Gasteiger partial charge in [-0.2, -0.15) is 5.10 Å². The molecule has 2 rings (SSSR count). The van der Waals surface area contributed by atoms with Gasteiger partial charge in [-0.05, 0) is 24.3 Å². The van der Waals surface area contributed by atoms with Crippen LogP contribution in [-0.4, -0.2) is 33.3 Å². The number of aliphatic carboxylic acids is 1. The summed E-state index contributed by atoms with van der Waals surface area (Å²) in [6.07, 6.45) is 1.62. The number of aromatic nitrogens is 2. The van der Waals surface area contributed by atoms with E-state index in [1.165, 1.54) is 16.8 Å². The summed E-state index contributed by atoms with van der Waals surface area (Å²) in [5.41, 5.74) is 0.587. The minimum absolute atomic E-state index is 0.175. The Kier molecular flexibility index (Phi) is 4.05. The summed E-state index contributed by atoms with van der Waals surface area (Å²) in [6.45, 7) is -0.463. The summed E-state index contributed by atoms with van der Waals surface area (Å²) in [7, 11) is 1.68. The quantitative estimate of drug-likeness (QED) is 0.933. The lowest BCUT2D eigenvalue weighted by atomic mass is 10.2. The number of hydrogen-bond donors (Lipinski definition) is 1. The minimum Gasteiger partial charge on any atom is -0.480 e. The fourth-order valence-corrected chi connectivity index (χ4v) is 1.91. The van der Waals surface area contributed by atoms with Crippen molar-refractivity contribution in [3.63, 3.8) is 0 Å². The smallest absolute Gasteiger partial charge is 0.323 e. The van der Waals surface area contributed by atoms with Crippen molar-refractivity contribution >= 4 is 29.2 Å². The van der Waals surface area contributed by atoms with Crippen molar-refractivity contribution in [2.24, 2.45) is 7.05 Å². The molecule has 0 saturated heterocycles. The van der Waals surface area contributed by atoms with Crippen LogP contribution in [0.4, 0.5) is 5.69 Å². The lowest BCUT2D eigenvalue weighted by Gasteiger charge is -2.20. The number of aryl methyl sites for hydroxylation is 1. The maximum atomic E-state index is 12.3. The summed E-state index contributed by atoms with van der Waals surface area (Å²) < 4.78 is 1.48. The van der Waals surface area contributed by atoms with Crippen LogP contribution >= 0.6 is 11.6 Å². The zero-order valence-electron chi connectivity index (χ0n) is 10.7. The van der Waals surface area contributed by atoms with Gasteiger partial charge in [0.05, 0.1) is 0 Å². The van der Waals surface area contributed by atoms with Crippen LogP contribution < -0.4 is 4.90 Å². The number of amides is 1. The maximum absolute atomic E-state index is 12.3. The Morgan fingerprint density at radius 3 is 2.70 bits per heavy atom. The van der Waals surface area contributed by atoms with Crippen LogP contribution in [0.5, 0.6) is 0 Å². The van der Waals surface area contributed by atoms with Crippen LogP contribution in [-0.2, 0) is 11.8 Å². The highest BCUT2D eigenvalue weighted by Gasteiger charge is 2.22. The molecular formula is C13H12ClN3O3. The number of carboxylic acids is 1. The molecule has 104 valence electrons. The van der Waals surface area contributed by atoms with Crippen LogP contribution in [0.3, 0.4) is 0 Å². The van der Waals surface area contributed by atoms with E-state index in [2.05, 4.69) is 5.10 Å². The number of hydrogen-bond acceptors (Lipinski definition) is 3. The molecule has 1 aromatic heterocycles. The molecule has 1 N–H and O–H groups in total. The molecule has 7 heteroatoms. The standard InChI is InChI=1S/C13H12ClN3O3/c1-16-6-5-11(15-16)13(20)17(8-12(18)19)10-4-2-3-9(14)7-10/h2-7H,8H2,1H3,(H,18,19). The molecule has 0 aliphatic heterocycles. The topological polar surface area (TPSA) is 75.4 Å². The van der Waals surface area contributed by atoms with Gasteiger partial charge in [-0.1, -0.05) is 17.7 Å². The third-order valence-electron chi connectivity index (χ3n) is 2.59. The number of rotatable bonds is 4. The second-order valence-electron chi connectivity index (χ2n) is 4.14. The van der Waals surface area contributed by atoms with Gasteiger partial charge < -0.3 is 5.11 Å². The number of benzene rings is 1. The van der Waals surface area contributed by atoms with Crippen molar-refractivity contribution < 1.29 is 14.7 Å². The van der Waals surface area contributed by atoms with Crippen LogP contribution in [0.25, 0.3) is 0 Å². The highest BCUT2D eigenvalue weighted by atomic mass is 35.5. The molecule has 1 heterocycles. The van der Waals surface area contributed by atoms with Gasteiger partial charge in [-0.3, -0.25) is 19.2 Å². The lowest BCUT2D eigenvalue weighted by Crippen LogP contribution is -2.36. The average molecular weight is 294 g/mol. The van der Waals surface area contributed by atoms with Crippen molar-refractivity contribution in [1.29, 1.82) is 0 Å². The Labute approximate surface area is 120 Å². The van der Waals surface area contributed by atoms with Crippen molar-refractivity contribution in [2.45, 2.75) is 0 Å². The fourth-order valence-electron chi connectivity index (χ4n) is 1.73. The molecule has 0 aliphatic carbocycles. The van der Waals surface area contributed by atoms with Crippen molar-refractivity contribution in [1.82, 2.24) is 9.78 Å². The van der Waals surface area contributed by atoms with Crippen molar-refractivity contribution in [3.05, 3.63) is 47.2 Å². The van der Waals surface area contributed by atoms with E-state index >= 15 is 0 Å². The molecule has 0 saturated carbocycles. The Hall–Kier alpha value is -2.34. The second-order valence-corrected chi connectivity index (χ2v) is 4.58. The number of carbonyl (C=O) groups excluding carboxylic acids is 1. The van der Waals surface area contributed by atoms with Crippen LogP contribution in [0.1, 0.15) is 10.5 Å². The van der Waals surface area contributed by atoms with E-state index in [9.17, 15) is 9.59 Å². The van der Waals surface area contributed by atoms with Gasteiger partial charge in [-0.25, -0.2) is 0 Å². The van der Waals surface area contributed by atoms with Gasteiger partial charge in [-0.15, -0.1) is 0 Å². The zero-order valence-corrected chi connectivity index (χ0v) is 11.4. The summed E-state index contributed by atoms with van der Waals surface area (Å²) >= 11 is 5.88. The number of carboxylic acid groups (broad SMARTS) is 1. The van der Waals surface area contributed by atoms with Gasteiger partial charge in [0.1, 0.15) is 6.54 Å². The molecule has 0 fully saturated rings. The average Bonchev–Trinajstić information content (AvgIpc) is 2.81. The van der Waals surface area contributed by atoms with Gasteiger partial charge >= 0.3 is 5.97 Å². The predicted octanol–water partition coefficient (Wildman–Crippen LogP) is 1.80. The van der Waals surface area contributed by atoms with Gasteiger partial charge in [0.25, 0.3) is 5.91 Å². The molecule has 0 spiro atoms. The number of nitrogens with zero attached hydrogens (tertiary/aromatic N) is 3. The third-order valence-corrected chi connectivity index (χ3v) is 2.83. The van der Waals surface area contributed by atoms with E-state index in [1.807, 2.05) is 0 Å². The Balaban J connectivity index is 2.37. The van der Waals surface area contributed by atoms with Gasteiger partial charge in [0.15, 0.2) is 5.69 Å². The Morgan fingerprint density at radius 1 is 1.40 bits per heavy atom. The van der Waals surface area contributed by atoms with E-state index < -0.39 is 18.4 Å². The third kappa shape index (κ3) is 3.16. The van der Waals surface area contributed by atoms with Crippen LogP contribution in [0.2, 0.25) is 5.02 Å². The van der Waals surface area contributed by atoms with Gasteiger partial charge in [0.2, 0.25) is 0 Å². The van der Waals surface area contributed by atoms with E-state index in [4.69, 9.17) is 16.7 Å². The highest BCUT2D eigenvalue weighted by molar-refractivity contribution is 6.31. The molecule has 2 aromatic rings. The molecule has 1 amide bonds. The molecule has 0 aliphatic rings. The molecule has 0 radical (unpaired) electrons. The van der Waals surface area contributed by atoms with Crippen molar-refractivity contribution in [3.8, 4) is 0 Å². The second kappa shape index (κ2) is 5.75. The van der Waals surface area contributed by atoms with Crippen LogP contribution in [0.15, 0.2) is 36.5 Å². The fraction of sp³-hybridized carbons (Fsp3) is 0.154. The van der Waals surface area contributed by atoms with Crippen LogP contribution in [0, 0.1) is 0 Å². The highest BCUT2D eigenvalue weighted by Crippen LogP contribution is 2.21. The van der Waals surface area contributed by atoms with Gasteiger partial charge in [0, 0.05) is 24.0 Å². The maximum Gasteiger partial charge on any atom is 0.323 e. The molecule has 20 heavy (non-hydrogen) atoms. The largest absolute Gasteiger partial charge is 0.480 e. The normalized spacial score (nSPS) is 10.3. The lowest BCUT2D eigenvalue weighted by molar-refractivity contribution is -0.135. The first-order chi connectivity index (χ1) is 9.47. The molecule has 0 bridgehead atoms. The molecule has 1 aromatic carbocycles. The van der Waals surface area contributed by atoms with E-state index in [-0.39, 0.29) is 5.69 Å². The molecular weight excluding hydrogens is 282 g/mol. The summed E-state index contributed by atoms with van der Waals surface area (Å²) in [5, 5.41) is 13.4.